The number of rotatable bonds is 3. The quantitative estimate of drug-likeness (QED) is 0.853. The van der Waals surface area contributed by atoms with E-state index < -0.39 is 17.7 Å². The molecule has 1 heterocycles. The van der Waals surface area contributed by atoms with Gasteiger partial charge in [0.2, 0.25) is 0 Å². The normalized spacial score (nSPS) is 17.8. The van der Waals surface area contributed by atoms with Crippen molar-refractivity contribution in [2.75, 3.05) is 18.6 Å². The number of aliphatic hydroxyl groups is 1. The first-order chi connectivity index (χ1) is 9.77. The topological polar surface area (TPSA) is 76.1 Å². The second-order valence-corrected chi connectivity index (χ2v) is 5.36. The number of hydrogen-bond acceptors (Lipinski definition) is 5. The Morgan fingerprint density at radius 2 is 2.14 bits per heavy atom. The number of anilines is 1. The number of hydrogen-bond donors (Lipinski definition) is 1. The minimum Gasteiger partial charge on any atom is -0.476 e. The third-order valence-corrected chi connectivity index (χ3v) is 3.35. The third-order valence-electron chi connectivity index (χ3n) is 3.35. The molecule has 0 aromatic heterocycles. The van der Waals surface area contributed by atoms with E-state index in [1.807, 2.05) is 0 Å². The largest absolute Gasteiger partial charge is 0.476 e. The van der Waals surface area contributed by atoms with Gasteiger partial charge in [-0.3, -0.25) is 4.79 Å². The Bertz CT molecular complexity index is 581. The van der Waals surface area contributed by atoms with Gasteiger partial charge in [0.1, 0.15) is 5.75 Å². The van der Waals surface area contributed by atoms with Gasteiger partial charge in [-0.05, 0) is 38.5 Å². The fourth-order valence-electron chi connectivity index (χ4n) is 2.24. The maximum Gasteiger partial charge on any atom is 0.339 e. The zero-order valence-corrected chi connectivity index (χ0v) is 12.5. The molecule has 1 N–H and O–H groups in total. The summed E-state index contributed by atoms with van der Waals surface area (Å²) in [4.78, 5) is 25.2. The van der Waals surface area contributed by atoms with Crippen LogP contribution < -0.4 is 9.64 Å². The summed E-state index contributed by atoms with van der Waals surface area (Å²) in [5, 5.41) is 9.96. The van der Waals surface area contributed by atoms with Gasteiger partial charge in [-0.2, -0.15) is 0 Å². The van der Waals surface area contributed by atoms with Crippen LogP contribution in [0.2, 0.25) is 0 Å². The molecule has 0 fully saturated rings. The maximum atomic E-state index is 12.2. The van der Waals surface area contributed by atoms with Gasteiger partial charge in [-0.1, -0.05) is 6.07 Å². The van der Waals surface area contributed by atoms with Crippen LogP contribution in [0.4, 0.5) is 5.69 Å². The summed E-state index contributed by atoms with van der Waals surface area (Å²) in [5.41, 5.74) is -0.0708. The molecule has 114 valence electrons. The molecule has 0 radical (unpaired) electrons. The standard InChI is InChI=1S/C15H19NO5/c1-5-20-13(18)12(17)9-6-7-11-10(8-9)16(4)14(19)15(2,3)21-11/h6-8,12,17H,5H2,1-4H3. The lowest BCUT2D eigenvalue weighted by Crippen LogP contribution is -2.50. The maximum absolute atomic E-state index is 12.2. The monoisotopic (exact) mass is 293 g/mol. The first-order valence-electron chi connectivity index (χ1n) is 6.73. The molecule has 1 unspecified atom stereocenters. The predicted molar refractivity (Wildman–Crippen MR) is 76.2 cm³/mol. The molecule has 2 rings (SSSR count). The lowest BCUT2D eigenvalue weighted by atomic mass is 10.0. The van der Waals surface area contributed by atoms with Crippen molar-refractivity contribution >= 4 is 17.6 Å². The second-order valence-electron chi connectivity index (χ2n) is 5.36. The summed E-state index contributed by atoms with van der Waals surface area (Å²) >= 11 is 0. The molecular formula is C15H19NO5. The van der Waals surface area contributed by atoms with Gasteiger partial charge in [0, 0.05) is 7.05 Å². The highest BCUT2D eigenvalue weighted by Gasteiger charge is 2.39. The number of benzene rings is 1. The van der Waals surface area contributed by atoms with Crippen LogP contribution >= 0.6 is 0 Å². The van der Waals surface area contributed by atoms with Gasteiger partial charge in [0.25, 0.3) is 5.91 Å². The Hall–Kier alpha value is -2.08. The number of carbonyl (C=O) groups excluding carboxylic acids is 2. The van der Waals surface area contributed by atoms with Crippen LogP contribution in [0, 0.1) is 0 Å². The lowest BCUT2D eigenvalue weighted by Gasteiger charge is -2.37. The zero-order chi connectivity index (χ0) is 15.8. The number of aliphatic hydroxyl groups excluding tert-OH is 1. The van der Waals surface area contributed by atoms with Gasteiger partial charge in [-0.15, -0.1) is 0 Å². The summed E-state index contributed by atoms with van der Waals surface area (Å²) in [6.07, 6.45) is -1.38. The molecule has 21 heavy (non-hydrogen) atoms. The van der Waals surface area contributed by atoms with Gasteiger partial charge in [-0.25, -0.2) is 4.79 Å². The van der Waals surface area contributed by atoms with Crippen molar-refractivity contribution in [2.24, 2.45) is 0 Å². The van der Waals surface area contributed by atoms with E-state index in [9.17, 15) is 14.7 Å². The minimum atomic E-state index is -1.38. The highest BCUT2D eigenvalue weighted by molar-refractivity contribution is 6.02. The molecule has 1 aromatic carbocycles. The number of ether oxygens (including phenoxy) is 2. The summed E-state index contributed by atoms with van der Waals surface area (Å²) in [5.74, 6) is -0.386. The molecule has 1 amide bonds. The van der Waals surface area contributed by atoms with Crippen molar-refractivity contribution in [3.8, 4) is 5.75 Å². The Morgan fingerprint density at radius 1 is 1.48 bits per heavy atom. The van der Waals surface area contributed by atoms with E-state index in [0.717, 1.165) is 0 Å². The van der Waals surface area contributed by atoms with E-state index in [4.69, 9.17) is 9.47 Å². The van der Waals surface area contributed by atoms with Crippen LogP contribution in [0.25, 0.3) is 0 Å². The van der Waals surface area contributed by atoms with Crippen molar-refractivity contribution in [3.05, 3.63) is 23.8 Å². The number of carbonyl (C=O) groups is 2. The van der Waals surface area contributed by atoms with E-state index in [1.54, 1.807) is 46.0 Å². The third kappa shape index (κ3) is 2.71. The number of amides is 1. The molecular weight excluding hydrogens is 274 g/mol. The van der Waals surface area contributed by atoms with E-state index in [-0.39, 0.29) is 12.5 Å². The van der Waals surface area contributed by atoms with Gasteiger partial charge >= 0.3 is 5.97 Å². The Morgan fingerprint density at radius 3 is 2.76 bits per heavy atom. The van der Waals surface area contributed by atoms with Crippen molar-refractivity contribution in [1.29, 1.82) is 0 Å². The van der Waals surface area contributed by atoms with Crippen LogP contribution in [0.5, 0.6) is 5.75 Å². The molecule has 6 heteroatoms. The van der Waals surface area contributed by atoms with Crippen LogP contribution in [0.3, 0.4) is 0 Å². The molecule has 0 spiro atoms. The van der Waals surface area contributed by atoms with Crippen LogP contribution in [0.15, 0.2) is 18.2 Å². The van der Waals surface area contributed by atoms with Crippen molar-refractivity contribution in [2.45, 2.75) is 32.5 Å². The number of esters is 1. The van der Waals surface area contributed by atoms with Gasteiger partial charge < -0.3 is 19.5 Å². The molecule has 0 saturated carbocycles. The lowest BCUT2D eigenvalue weighted by molar-refractivity contribution is -0.153. The van der Waals surface area contributed by atoms with E-state index in [0.29, 0.717) is 17.0 Å². The fourth-order valence-corrected chi connectivity index (χ4v) is 2.24. The molecule has 6 nitrogen and oxygen atoms in total. The van der Waals surface area contributed by atoms with Crippen molar-refractivity contribution < 1.29 is 24.2 Å². The summed E-state index contributed by atoms with van der Waals surface area (Å²) in [6, 6.07) is 4.78. The highest BCUT2D eigenvalue weighted by Crippen LogP contribution is 2.38. The fraction of sp³-hybridized carbons (Fsp3) is 0.467. The van der Waals surface area contributed by atoms with E-state index in [2.05, 4.69) is 0 Å². The average Bonchev–Trinajstić information content (AvgIpc) is 2.44. The van der Waals surface area contributed by atoms with E-state index in [1.165, 1.54) is 4.90 Å². The zero-order valence-electron chi connectivity index (χ0n) is 12.5. The smallest absolute Gasteiger partial charge is 0.339 e. The second kappa shape index (κ2) is 5.37. The molecule has 1 aliphatic rings. The summed E-state index contributed by atoms with van der Waals surface area (Å²) in [7, 11) is 1.63. The molecule has 0 bridgehead atoms. The van der Waals surface area contributed by atoms with Crippen molar-refractivity contribution in [1.82, 2.24) is 0 Å². The van der Waals surface area contributed by atoms with Crippen LogP contribution in [0.1, 0.15) is 32.4 Å². The molecule has 1 aromatic rings. The first-order valence-corrected chi connectivity index (χ1v) is 6.73. The molecule has 0 aliphatic carbocycles. The Balaban J connectivity index is 2.36. The Kier molecular flexibility index (Phi) is 3.91. The summed E-state index contributed by atoms with van der Waals surface area (Å²) < 4.78 is 10.4. The molecule has 1 atom stereocenters. The molecule has 1 aliphatic heterocycles. The number of fused-ring (bicyclic) bond motifs is 1. The average molecular weight is 293 g/mol. The highest BCUT2D eigenvalue weighted by atomic mass is 16.5. The minimum absolute atomic E-state index is 0.191. The van der Waals surface area contributed by atoms with Gasteiger partial charge in [0.05, 0.1) is 12.3 Å². The van der Waals surface area contributed by atoms with Crippen LogP contribution in [-0.4, -0.2) is 36.2 Å². The van der Waals surface area contributed by atoms with Crippen LogP contribution in [-0.2, 0) is 14.3 Å². The first kappa shape index (κ1) is 15.3. The Labute approximate surface area is 123 Å². The number of nitrogens with zero attached hydrogens (tertiary/aromatic N) is 1. The predicted octanol–water partition coefficient (Wildman–Crippen LogP) is 1.42. The molecule has 0 saturated heterocycles. The summed E-state index contributed by atoms with van der Waals surface area (Å²) in [6.45, 7) is 5.24. The van der Waals surface area contributed by atoms with Crippen molar-refractivity contribution in [3.63, 3.8) is 0 Å². The SMILES string of the molecule is CCOC(=O)C(O)c1ccc2c(c1)N(C)C(=O)C(C)(C)O2. The van der Waals surface area contributed by atoms with E-state index >= 15 is 0 Å². The number of likely N-dealkylation sites (N-methyl/N-ethyl adjacent to an activating group) is 1. The van der Waals surface area contributed by atoms with Gasteiger partial charge in [0.15, 0.2) is 11.7 Å².